The fourth-order valence-electron chi connectivity index (χ4n) is 2.26. The van der Waals surface area contributed by atoms with Crippen LogP contribution in [0.3, 0.4) is 0 Å². The highest BCUT2D eigenvalue weighted by atomic mass is 35.5. The van der Waals surface area contributed by atoms with Crippen LogP contribution in [0.1, 0.15) is 11.1 Å². The van der Waals surface area contributed by atoms with Gasteiger partial charge < -0.3 is 9.47 Å². The second-order valence-electron chi connectivity index (χ2n) is 5.54. The highest BCUT2D eigenvalue weighted by Gasteiger charge is 2.22. The van der Waals surface area contributed by atoms with Crippen LogP contribution in [0.5, 0.6) is 11.5 Å². The molecule has 0 bridgehead atoms. The molecule has 0 saturated carbocycles. The lowest BCUT2D eigenvalue weighted by Gasteiger charge is -2.19. The van der Waals surface area contributed by atoms with Gasteiger partial charge in [0.05, 0.1) is 12.0 Å². The van der Waals surface area contributed by atoms with Crippen molar-refractivity contribution in [2.45, 2.75) is 25.0 Å². The van der Waals surface area contributed by atoms with E-state index in [1.807, 2.05) is 0 Å². The summed E-state index contributed by atoms with van der Waals surface area (Å²) in [6.45, 7) is -1.29. The molecule has 5 nitrogen and oxygen atoms in total. The zero-order valence-corrected chi connectivity index (χ0v) is 15.9. The smallest absolute Gasteiger partial charge is 0.387 e. The van der Waals surface area contributed by atoms with Crippen molar-refractivity contribution in [3.05, 3.63) is 52.5 Å². The largest absolute Gasteiger partial charge is 0.493 e. The lowest BCUT2D eigenvalue weighted by molar-refractivity contribution is -0.0512. The highest BCUT2D eigenvalue weighted by molar-refractivity contribution is 7.89. The van der Waals surface area contributed by atoms with E-state index in [1.54, 1.807) is 19.1 Å². The van der Waals surface area contributed by atoms with E-state index in [-0.39, 0.29) is 22.9 Å². The Labute approximate surface area is 156 Å². The van der Waals surface area contributed by atoms with Crippen LogP contribution in [0.2, 0.25) is 5.02 Å². The van der Waals surface area contributed by atoms with Gasteiger partial charge in [-0.1, -0.05) is 23.7 Å². The van der Waals surface area contributed by atoms with Gasteiger partial charge in [-0.25, -0.2) is 8.42 Å². The number of nitrogens with zero attached hydrogens (tertiary/aromatic N) is 1. The number of alkyl halides is 2. The first kappa shape index (κ1) is 20.4. The van der Waals surface area contributed by atoms with Gasteiger partial charge in [0.15, 0.2) is 11.5 Å². The molecule has 0 aromatic heterocycles. The highest BCUT2D eigenvalue weighted by Crippen LogP contribution is 2.30. The Hall–Kier alpha value is -1.90. The number of ether oxygens (including phenoxy) is 2. The van der Waals surface area contributed by atoms with Crippen LogP contribution in [0.4, 0.5) is 8.78 Å². The summed E-state index contributed by atoms with van der Waals surface area (Å²) in [6.07, 6.45) is 0. The molecule has 0 aliphatic heterocycles. The van der Waals surface area contributed by atoms with Crippen LogP contribution >= 0.6 is 11.6 Å². The first-order valence-corrected chi connectivity index (χ1v) is 9.31. The van der Waals surface area contributed by atoms with E-state index in [9.17, 15) is 17.2 Å². The SMILES string of the molecule is COc1ccc(CN(C)S(=O)(=O)c2ccc(C)c(Cl)c2)cc1OC(F)F. The zero-order chi connectivity index (χ0) is 19.5. The van der Waals surface area contributed by atoms with E-state index < -0.39 is 16.6 Å². The predicted octanol–water partition coefficient (Wildman–Crippen LogP) is 4.08. The molecule has 0 radical (unpaired) electrons. The third-order valence-corrected chi connectivity index (χ3v) is 5.91. The third kappa shape index (κ3) is 4.63. The molecular weight excluding hydrogens is 388 g/mol. The number of methoxy groups -OCH3 is 1. The maximum absolute atomic E-state index is 12.7. The third-order valence-electron chi connectivity index (χ3n) is 3.70. The maximum Gasteiger partial charge on any atom is 0.387 e. The van der Waals surface area contributed by atoms with Gasteiger partial charge >= 0.3 is 6.61 Å². The molecule has 0 saturated heterocycles. The second kappa shape index (κ2) is 8.20. The molecule has 0 fully saturated rings. The molecule has 2 aromatic rings. The normalized spacial score (nSPS) is 11.8. The topological polar surface area (TPSA) is 55.8 Å². The van der Waals surface area contributed by atoms with Crippen molar-refractivity contribution >= 4 is 21.6 Å². The molecule has 0 aliphatic carbocycles. The maximum atomic E-state index is 12.7. The van der Waals surface area contributed by atoms with E-state index in [2.05, 4.69) is 4.74 Å². The molecule has 0 atom stereocenters. The van der Waals surface area contributed by atoms with Crippen LogP contribution in [0, 0.1) is 6.92 Å². The van der Waals surface area contributed by atoms with Crippen molar-refractivity contribution in [3.63, 3.8) is 0 Å². The average molecular weight is 406 g/mol. The Balaban J connectivity index is 2.27. The summed E-state index contributed by atoms with van der Waals surface area (Å²) in [6, 6.07) is 8.79. The number of sulfonamides is 1. The monoisotopic (exact) mass is 405 g/mol. The summed E-state index contributed by atoms with van der Waals surface area (Å²) in [5.41, 5.74) is 1.22. The standard InChI is InChI=1S/C17H18ClF2NO4S/c1-11-4-6-13(9-14(11)18)26(22,23)21(2)10-12-5-7-15(24-3)16(8-12)25-17(19)20/h4-9,17H,10H2,1-3H3. The van der Waals surface area contributed by atoms with Crippen molar-refractivity contribution in [3.8, 4) is 11.5 Å². The molecule has 2 aromatic carbocycles. The number of aryl methyl sites for hydroxylation is 1. The Kier molecular flexibility index (Phi) is 6.44. The van der Waals surface area contributed by atoms with Gasteiger partial charge in [0.25, 0.3) is 0 Å². The summed E-state index contributed by atoms with van der Waals surface area (Å²) in [7, 11) is -1.09. The molecule has 0 amide bonds. The molecule has 9 heteroatoms. The van der Waals surface area contributed by atoms with E-state index in [1.165, 1.54) is 38.4 Å². The van der Waals surface area contributed by atoms with E-state index >= 15 is 0 Å². The van der Waals surface area contributed by atoms with Crippen LogP contribution in [0.15, 0.2) is 41.3 Å². The fraction of sp³-hybridized carbons (Fsp3) is 0.294. The van der Waals surface area contributed by atoms with Crippen molar-refractivity contribution < 1.29 is 26.7 Å². The van der Waals surface area contributed by atoms with E-state index in [4.69, 9.17) is 16.3 Å². The van der Waals surface area contributed by atoms with Gasteiger partial charge in [0, 0.05) is 18.6 Å². The van der Waals surface area contributed by atoms with Crippen LogP contribution in [0.25, 0.3) is 0 Å². The fourth-order valence-corrected chi connectivity index (χ4v) is 3.69. The molecule has 26 heavy (non-hydrogen) atoms. The van der Waals surface area contributed by atoms with Gasteiger partial charge in [-0.15, -0.1) is 0 Å². The summed E-state index contributed by atoms with van der Waals surface area (Å²) in [5, 5.41) is 0.344. The Bertz CT molecular complexity index is 890. The van der Waals surface area contributed by atoms with Gasteiger partial charge in [-0.2, -0.15) is 13.1 Å². The first-order valence-electron chi connectivity index (χ1n) is 7.49. The molecule has 142 valence electrons. The van der Waals surface area contributed by atoms with Crippen LogP contribution < -0.4 is 9.47 Å². The van der Waals surface area contributed by atoms with E-state index in [0.29, 0.717) is 10.6 Å². The van der Waals surface area contributed by atoms with Crippen molar-refractivity contribution in [2.75, 3.05) is 14.2 Å². The lowest BCUT2D eigenvalue weighted by atomic mass is 10.2. The molecule has 0 spiro atoms. The lowest BCUT2D eigenvalue weighted by Crippen LogP contribution is -2.26. The Morgan fingerprint density at radius 2 is 1.85 bits per heavy atom. The second-order valence-corrected chi connectivity index (χ2v) is 7.99. The molecule has 2 rings (SSSR count). The van der Waals surface area contributed by atoms with Crippen molar-refractivity contribution in [2.24, 2.45) is 0 Å². The molecule has 0 aliphatic rings. The Morgan fingerprint density at radius 1 is 1.15 bits per heavy atom. The minimum Gasteiger partial charge on any atom is -0.493 e. The summed E-state index contributed by atoms with van der Waals surface area (Å²) in [5.74, 6) is -0.0333. The minimum atomic E-state index is -3.80. The number of rotatable bonds is 7. The van der Waals surface area contributed by atoms with E-state index in [0.717, 1.165) is 9.87 Å². The predicted molar refractivity (Wildman–Crippen MR) is 94.5 cm³/mol. The first-order chi connectivity index (χ1) is 12.1. The molecule has 0 unspecified atom stereocenters. The Morgan fingerprint density at radius 3 is 2.42 bits per heavy atom. The van der Waals surface area contributed by atoms with Crippen LogP contribution in [-0.4, -0.2) is 33.5 Å². The zero-order valence-electron chi connectivity index (χ0n) is 14.4. The van der Waals surface area contributed by atoms with Gasteiger partial charge in [-0.3, -0.25) is 0 Å². The van der Waals surface area contributed by atoms with Crippen LogP contribution in [-0.2, 0) is 16.6 Å². The average Bonchev–Trinajstić information content (AvgIpc) is 2.57. The number of hydrogen-bond acceptors (Lipinski definition) is 4. The molecule has 0 N–H and O–H groups in total. The number of halogens is 3. The molecule has 0 heterocycles. The quantitative estimate of drug-likeness (QED) is 0.696. The van der Waals surface area contributed by atoms with Gasteiger partial charge in [0.1, 0.15) is 0 Å². The number of benzene rings is 2. The number of hydrogen-bond donors (Lipinski definition) is 0. The van der Waals surface area contributed by atoms with Gasteiger partial charge in [-0.05, 0) is 42.3 Å². The summed E-state index contributed by atoms with van der Waals surface area (Å²) < 4.78 is 60.9. The minimum absolute atomic E-state index is 0.0442. The van der Waals surface area contributed by atoms with Crippen molar-refractivity contribution in [1.82, 2.24) is 4.31 Å². The van der Waals surface area contributed by atoms with Gasteiger partial charge in [0.2, 0.25) is 10.0 Å². The summed E-state index contributed by atoms with van der Waals surface area (Å²) >= 11 is 6.00. The van der Waals surface area contributed by atoms with Crippen molar-refractivity contribution in [1.29, 1.82) is 0 Å². The molecular formula is C17H18ClF2NO4S. The summed E-state index contributed by atoms with van der Waals surface area (Å²) in [4.78, 5) is 0.0492.